The largest absolute Gasteiger partial charge is 0.433 e. The molecule has 0 amide bonds. The summed E-state index contributed by atoms with van der Waals surface area (Å²) in [7, 11) is 1.63. The molecule has 1 fully saturated rings. The summed E-state index contributed by atoms with van der Waals surface area (Å²) < 4.78 is 42.8. The van der Waals surface area contributed by atoms with Crippen molar-refractivity contribution < 1.29 is 17.9 Å². The van der Waals surface area contributed by atoms with Gasteiger partial charge in [0.2, 0.25) is 0 Å². The summed E-state index contributed by atoms with van der Waals surface area (Å²) in [6.07, 6.45) is -1.47. The molecule has 0 saturated heterocycles. The number of alkyl halides is 3. The second kappa shape index (κ2) is 4.76. The molecule has 1 aliphatic rings. The van der Waals surface area contributed by atoms with E-state index in [4.69, 9.17) is 4.74 Å². The molecule has 1 heterocycles. The van der Waals surface area contributed by atoms with Crippen LogP contribution in [0.2, 0.25) is 0 Å². The van der Waals surface area contributed by atoms with Gasteiger partial charge in [0.1, 0.15) is 11.5 Å². The molecule has 18 heavy (non-hydrogen) atoms. The number of pyridine rings is 1. The van der Waals surface area contributed by atoms with Gasteiger partial charge in [0.05, 0.1) is 5.60 Å². The molecule has 6 heteroatoms. The van der Waals surface area contributed by atoms with Crippen LogP contribution in [0.1, 0.15) is 25.0 Å². The molecule has 0 atom stereocenters. The van der Waals surface area contributed by atoms with E-state index in [1.54, 1.807) is 7.11 Å². The summed E-state index contributed by atoms with van der Waals surface area (Å²) in [6.45, 7) is 0.484. The molecule has 1 saturated carbocycles. The Balaban J connectivity index is 2.01. The molecule has 2 rings (SSSR count). The van der Waals surface area contributed by atoms with E-state index in [0.29, 0.717) is 6.54 Å². The maximum Gasteiger partial charge on any atom is 0.433 e. The van der Waals surface area contributed by atoms with Gasteiger partial charge in [-0.3, -0.25) is 0 Å². The van der Waals surface area contributed by atoms with Gasteiger partial charge < -0.3 is 10.1 Å². The van der Waals surface area contributed by atoms with E-state index >= 15 is 0 Å². The van der Waals surface area contributed by atoms with Crippen LogP contribution in [0.15, 0.2) is 18.2 Å². The van der Waals surface area contributed by atoms with Gasteiger partial charge in [0, 0.05) is 13.7 Å². The van der Waals surface area contributed by atoms with Crippen molar-refractivity contribution >= 4 is 5.82 Å². The molecule has 0 spiro atoms. The third kappa shape index (κ3) is 2.75. The smallest absolute Gasteiger partial charge is 0.376 e. The van der Waals surface area contributed by atoms with Gasteiger partial charge in [-0.1, -0.05) is 6.07 Å². The van der Waals surface area contributed by atoms with Crippen LogP contribution in [0.25, 0.3) is 0 Å². The molecule has 0 aliphatic heterocycles. The predicted molar refractivity (Wildman–Crippen MR) is 61.3 cm³/mol. The Hall–Kier alpha value is -1.30. The fourth-order valence-electron chi connectivity index (χ4n) is 1.97. The lowest BCUT2D eigenvalue weighted by molar-refractivity contribution is -0.141. The average molecular weight is 260 g/mol. The number of halogens is 3. The zero-order valence-electron chi connectivity index (χ0n) is 10.0. The third-order valence-electron chi connectivity index (χ3n) is 3.33. The predicted octanol–water partition coefficient (Wildman–Crippen LogP) is 3.08. The standard InChI is InChI=1S/C12H15F3N2O/c1-18-11(6-3-7-11)8-16-10-5-2-4-9(17-10)12(13,14)15/h2,4-5H,3,6-8H2,1H3,(H,16,17). The van der Waals surface area contributed by atoms with Crippen LogP contribution in [0.4, 0.5) is 19.0 Å². The Bertz CT molecular complexity index is 411. The van der Waals surface area contributed by atoms with E-state index in [1.807, 2.05) is 0 Å². The third-order valence-corrected chi connectivity index (χ3v) is 3.33. The summed E-state index contributed by atoms with van der Waals surface area (Å²) in [4.78, 5) is 3.55. The number of nitrogens with zero attached hydrogens (tertiary/aromatic N) is 1. The van der Waals surface area contributed by atoms with Crippen LogP contribution in [0, 0.1) is 0 Å². The van der Waals surface area contributed by atoms with Crippen molar-refractivity contribution in [2.75, 3.05) is 19.0 Å². The Morgan fingerprint density at radius 2 is 2.11 bits per heavy atom. The Morgan fingerprint density at radius 3 is 2.61 bits per heavy atom. The van der Waals surface area contributed by atoms with Crippen LogP contribution in [-0.4, -0.2) is 24.2 Å². The van der Waals surface area contributed by atoms with E-state index in [0.717, 1.165) is 25.3 Å². The highest BCUT2D eigenvalue weighted by molar-refractivity contribution is 5.36. The Morgan fingerprint density at radius 1 is 1.39 bits per heavy atom. The molecule has 0 unspecified atom stereocenters. The van der Waals surface area contributed by atoms with Crippen molar-refractivity contribution in [3.63, 3.8) is 0 Å². The molecule has 1 aromatic rings. The number of anilines is 1. The van der Waals surface area contributed by atoms with Gasteiger partial charge >= 0.3 is 6.18 Å². The van der Waals surface area contributed by atoms with Crippen molar-refractivity contribution in [2.45, 2.75) is 31.0 Å². The van der Waals surface area contributed by atoms with Gasteiger partial charge in [-0.05, 0) is 31.4 Å². The van der Waals surface area contributed by atoms with Crippen LogP contribution < -0.4 is 5.32 Å². The molecule has 1 aromatic heterocycles. The molecule has 1 N–H and O–H groups in total. The lowest BCUT2D eigenvalue weighted by Gasteiger charge is -2.40. The minimum atomic E-state index is -4.41. The minimum Gasteiger partial charge on any atom is -0.376 e. The number of methoxy groups -OCH3 is 1. The number of nitrogens with one attached hydrogen (secondary N) is 1. The fourth-order valence-corrected chi connectivity index (χ4v) is 1.97. The zero-order valence-corrected chi connectivity index (χ0v) is 10.0. The first kappa shape index (κ1) is 13.1. The van der Waals surface area contributed by atoms with E-state index in [-0.39, 0.29) is 11.4 Å². The second-order valence-electron chi connectivity index (χ2n) is 4.50. The first-order valence-corrected chi connectivity index (χ1v) is 5.78. The number of rotatable bonds is 4. The SMILES string of the molecule is COC1(CNc2cccc(C(F)(F)F)n2)CCC1. The van der Waals surface area contributed by atoms with Crippen molar-refractivity contribution in [1.29, 1.82) is 0 Å². The molecule has 1 aliphatic carbocycles. The van der Waals surface area contributed by atoms with Gasteiger partial charge in [-0.2, -0.15) is 13.2 Å². The number of aromatic nitrogens is 1. The lowest BCUT2D eigenvalue weighted by Crippen LogP contribution is -2.45. The first-order chi connectivity index (χ1) is 8.45. The maximum absolute atomic E-state index is 12.5. The number of hydrogen-bond donors (Lipinski definition) is 1. The van der Waals surface area contributed by atoms with Crippen molar-refractivity contribution in [2.24, 2.45) is 0 Å². The quantitative estimate of drug-likeness (QED) is 0.903. The van der Waals surface area contributed by atoms with Gasteiger partial charge in [0.25, 0.3) is 0 Å². The average Bonchev–Trinajstić information content (AvgIpc) is 2.27. The summed E-state index contributed by atoms with van der Waals surface area (Å²) in [6, 6.07) is 3.83. The molecule has 3 nitrogen and oxygen atoms in total. The van der Waals surface area contributed by atoms with E-state index in [2.05, 4.69) is 10.3 Å². The highest BCUT2D eigenvalue weighted by Crippen LogP contribution is 2.35. The molecule has 100 valence electrons. The topological polar surface area (TPSA) is 34.1 Å². The maximum atomic E-state index is 12.5. The van der Waals surface area contributed by atoms with Gasteiger partial charge in [-0.15, -0.1) is 0 Å². The number of hydrogen-bond acceptors (Lipinski definition) is 3. The monoisotopic (exact) mass is 260 g/mol. The van der Waals surface area contributed by atoms with Crippen LogP contribution in [0.5, 0.6) is 0 Å². The van der Waals surface area contributed by atoms with Gasteiger partial charge in [0.15, 0.2) is 0 Å². The van der Waals surface area contributed by atoms with Crippen molar-refractivity contribution in [3.05, 3.63) is 23.9 Å². The first-order valence-electron chi connectivity index (χ1n) is 5.78. The van der Waals surface area contributed by atoms with Crippen molar-refractivity contribution in [1.82, 2.24) is 4.98 Å². The Labute approximate surface area is 103 Å². The fraction of sp³-hybridized carbons (Fsp3) is 0.583. The normalized spacial score (nSPS) is 18.2. The summed E-state index contributed by atoms with van der Waals surface area (Å²) >= 11 is 0. The highest BCUT2D eigenvalue weighted by atomic mass is 19.4. The van der Waals surface area contributed by atoms with E-state index in [9.17, 15) is 13.2 Å². The van der Waals surface area contributed by atoms with Crippen molar-refractivity contribution in [3.8, 4) is 0 Å². The van der Waals surface area contributed by atoms with E-state index in [1.165, 1.54) is 12.1 Å². The molecule has 0 radical (unpaired) electrons. The lowest BCUT2D eigenvalue weighted by atomic mass is 9.80. The summed E-state index contributed by atoms with van der Waals surface area (Å²) in [5.41, 5.74) is -1.12. The second-order valence-corrected chi connectivity index (χ2v) is 4.50. The molecular weight excluding hydrogens is 245 g/mol. The van der Waals surface area contributed by atoms with Crippen LogP contribution in [0.3, 0.4) is 0 Å². The van der Waals surface area contributed by atoms with Crippen LogP contribution >= 0.6 is 0 Å². The zero-order chi connectivity index (χ0) is 13.2. The highest BCUT2D eigenvalue weighted by Gasteiger charge is 2.37. The summed E-state index contributed by atoms with van der Waals surface area (Å²) in [5.74, 6) is 0.230. The molecule has 0 aromatic carbocycles. The van der Waals surface area contributed by atoms with Crippen LogP contribution in [-0.2, 0) is 10.9 Å². The van der Waals surface area contributed by atoms with E-state index < -0.39 is 11.9 Å². The molecular formula is C12H15F3N2O. The minimum absolute atomic E-state index is 0.230. The summed E-state index contributed by atoms with van der Waals surface area (Å²) in [5, 5.41) is 2.91. The molecule has 0 bridgehead atoms. The number of ether oxygens (including phenoxy) is 1. The Kier molecular flexibility index (Phi) is 3.47. The van der Waals surface area contributed by atoms with Gasteiger partial charge in [-0.25, -0.2) is 4.98 Å².